The minimum Gasteiger partial charge on any atom is -0.497 e. The highest BCUT2D eigenvalue weighted by Crippen LogP contribution is 2.66. The number of hydrogen-bond acceptors (Lipinski definition) is 2. The molecule has 24 heavy (non-hydrogen) atoms. The molecule has 2 rings (SSSR count). The van der Waals surface area contributed by atoms with Crippen molar-refractivity contribution >= 4 is 8.32 Å². The zero-order valence-electron chi connectivity index (χ0n) is 17.1. The highest BCUT2D eigenvalue weighted by Gasteiger charge is 2.64. The topological polar surface area (TPSA) is 18.5 Å². The molecule has 1 aromatic carbocycles. The molecule has 0 aliphatic carbocycles. The molecule has 0 saturated carbocycles. The van der Waals surface area contributed by atoms with E-state index in [-0.39, 0.29) is 16.2 Å². The van der Waals surface area contributed by atoms with E-state index in [1.54, 1.807) is 7.11 Å². The van der Waals surface area contributed by atoms with Gasteiger partial charge < -0.3 is 9.16 Å². The van der Waals surface area contributed by atoms with E-state index < -0.39 is 8.32 Å². The van der Waals surface area contributed by atoms with E-state index in [9.17, 15) is 0 Å². The Labute approximate surface area is 150 Å². The molecule has 0 N–H and O–H groups in total. The summed E-state index contributed by atoms with van der Waals surface area (Å²) in [7, 11) is -0.312. The van der Waals surface area contributed by atoms with Gasteiger partial charge in [0.15, 0.2) is 0 Å². The first kappa shape index (κ1) is 19.5. The van der Waals surface area contributed by atoms with E-state index in [0.29, 0.717) is 11.5 Å². The maximum absolute atomic E-state index is 7.11. The number of rotatable bonds is 3. The van der Waals surface area contributed by atoms with Crippen molar-refractivity contribution in [3.05, 3.63) is 29.8 Å². The van der Waals surface area contributed by atoms with E-state index in [1.807, 2.05) is 0 Å². The van der Waals surface area contributed by atoms with Crippen LogP contribution in [0.2, 0.25) is 15.6 Å². The largest absolute Gasteiger partial charge is 0.497 e. The predicted octanol–water partition coefficient (Wildman–Crippen LogP) is 6.73. The third-order valence-electron chi connectivity index (χ3n) is 5.84. The molecule has 1 aliphatic heterocycles. The first-order valence-corrected chi connectivity index (χ1v) is 11.2. The lowest BCUT2D eigenvalue weighted by Gasteiger charge is -2.52. The molecule has 2 nitrogen and oxygen atoms in total. The molecule has 1 heterocycles. The maximum atomic E-state index is 7.11. The van der Waals surface area contributed by atoms with Crippen molar-refractivity contribution in [2.75, 3.05) is 7.11 Å². The van der Waals surface area contributed by atoms with Gasteiger partial charge in [-0.25, -0.2) is 0 Å². The lowest BCUT2D eigenvalue weighted by Crippen LogP contribution is -2.56. The van der Waals surface area contributed by atoms with Crippen LogP contribution in [0.25, 0.3) is 0 Å². The van der Waals surface area contributed by atoms with Gasteiger partial charge in [-0.05, 0) is 45.7 Å². The Kier molecular flexibility index (Phi) is 5.28. The molecule has 1 unspecified atom stereocenters. The van der Waals surface area contributed by atoms with Crippen LogP contribution in [0, 0.1) is 5.92 Å². The molecule has 0 amide bonds. The summed E-state index contributed by atoms with van der Waals surface area (Å²) in [6.07, 6.45) is 1.36. The van der Waals surface area contributed by atoms with Crippen LogP contribution in [0.4, 0.5) is 0 Å². The summed E-state index contributed by atoms with van der Waals surface area (Å²) in [5.74, 6) is 1.56. The van der Waals surface area contributed by atoms with Gasteiger partial charge in [-0.3, -0.25) is 0 Å². The van der Waals surface area contributed by atoms with E-state index >= 15 is 0 Å². The first-order valence-electron chi connectivity index (χ1n) is 9.26. The van der Waals surface area contributed by atoms with Gasteiger partial charge in [-0.15, -0.1) is 0 Å². The summed E-state index contributed by atoms with van der Waals surface area (Å²) in [6, 6.07) is 8.46. The smallest absolute Gasteiger partial charge is 0.207 e. The minimum atomic E-state index is -2.03. The molecular weight excluding hydrogens is 312 g/mol. The summed E-state index contributed by atoms with van der Waals surface area (Å²) in [6.45, 7) is 19.2. The molecular formula is C21H36O2Si. The van der Waals surface area contributed by atoms with Crippen LogP contribution >= 0.6 is 0 Å². The summed E-state index contributed by atoms with van der Waals surface area (Å²) in [4.78, 5) is 0. The molecule has 0 aromatic heterocycles. The second-order valence-corrected chi connectivity index (χ2v) is 15.2. The summed E-state index contributed by atoms with van der Waals surface area (Å²) < 4.78 is 12.4. The quantitative estimate of drug-likeness (QED) is 0.564. The molecule has 136 valence electrons. The fourth-order valence-electron chi connectivity index (χ4n) is 5.11. The Bertz CT molecular complexity index is 535. The number of ether oxygens (including phenoxy) is 1. The van der Waals surface area contributed by atoms with Crippen molar-refractivity contribution in [2.45, 2.75) is 83.5 Å². The highest BCUT2D eigenvalue weighted by molar-refractivity contribution is 6.81. The zero-order valence-corrected chi connectivity index (χ0v) is 18.1. The molecule has 0 bridgehead atoms. The Hall–Kier alpha value is -0.803. The normalized spacial score (nSPS) is 24.4. The van der Waals surface area contributed by atoms with Crippen molar-refractivity contribution in [3.63, 3.8) is 0 Å². The van der Waals surface area contributed by atoms with Crippen molar-refractivity contribution in [1.29, 1.82) is 0 Å². The van der Waals surface area contributed by atoms with E-state index in [4.69, 9.17) is 9.16 Å². The summed E-state index contributed by atoms with van der Waals surface area (Å²) in [5.41, 5.74) is 1.97. The average molecular weight is 349 g/mol. The van der Waals surface area contributed by atoms with Crippen LogP contribution in [-0.4, -0.2) is 15.4 Å². The van der Waals surface area contributed by atoms with Crippen LogP contribution in [0.3, 0.4) is 0 Å². The van der Waals surface area contributed by atoms with Gasteiger partial charge in [0.1, 0.15) is 5.75 Å². The van der Waals surface area contributed by atoms with Gasteiger partial charge in [0.2, 0.25) is 8.32 Å². The van der Waals surface area contributed by atoms with Gasteiger partial charge in [-0.2, -0.15) is 0 Å². The third-order valence-corrected chi connectivity index (χ3v) is 12.9. The van der Waals surface area contributed by atoms with Gasteiger partial charge in [-0.1, -0.05) is 67.5 Å². The second-order valence-electron chi connectivity index (χ2n) is 9.70. The molecule has 0 radical (unpaired) electrons. The van der Waals surface area contributed by atoms with Crippen LogP contribution < -0.4 is 4.74 Å². The fraction of sp³-hybridized carbons (Fsp3) is 0.714. The second kappa shape index (κ2) is 6.49. The summed E-state index contributed by atoms with van der Waals surface area (Å²) >= 11 is 0. The molecule has 2 atom stereocenters. The summed E-state index contributed by atoms with van der Waals surface area (Å²) in [5, 5.41) is 0.419. The number of hydrogen-bond donors (Lipinski definition) is 0. The fourth-order valence-corrected chi connectivity index (χ4v) is 12.6. The Morgan fingerprint density at radius 2 is 1.50 bits per heavy atom. The molecule has 1 aliphatic rings. The molecule has 1 fully saturated rings. The Balaban J connectivity index is 2.47. The van der Waals surface area contributed by atoms with E-state index in [2.05, 4.69) is 79.7 Å². The van der Waals surface area contributed by atoms with Crippen LogP contribution in [0.5, 0.6) is 5.75 Å². The predicted molar refractivity (Wildman–Crippen MR) is 105 cm³/mol. The Morgan fingerprint density at radius 1 is 1.00 bits per heavy atom. The lowest BCUT2D eigenvalue weighted by molar-refractivity contribution is 0.201. The monoisotopic (exact) mass is 348 g/mol. The molecule has 1 saturated heterocycles. The lowest BCUT2D eigenvalue weighted by atomic mass is 9.99. The van der Waals surface area contributed by atoms with Crippen LogP contribution in [0.15, 0.2) is 24.3 Å². The van der Waals surface area contributed by atoms with Crippen LogP contribution in [-0.2, 0) is 4.43 Å². The molecule has 3 heteroatoms. The SMILES string of the molecule is COc1ccc(C2C[C@@H](C(C)C)[Si](C(C)(C)C)(C(C)(C)C)O2)cc1. The minimum absolute atomic E-state index is 0.210. The van der Waals surface area contributed by atoms with Crippen molar-refractivity contribution in [1.82, 2.24) is 0 Å². The van der Waals surface area contributed by atoms with E-state index in [0.717, 1.165) is 12.2 Å². The average Bonchev–Trinajstić information content (AvgIpc) is 2.89. The molecule has 0 spiro atoms. The highest BCUT2D eigenvalue weighted by atomic mass is 28.4. The van der Waals surface area contributed by atoms with Crippen molar-refractivity contribution in [3.8, 4) is 5.75 Å². The number of benzene rings is 1. The van der Waals surface area contributed by atoms with Gasteiger partial charge in [0.25, 0.3) is 0 Å². The van der Waals surface area contributed by atoms with Gasteiger partial charge in [0.05, 0.1) is 13.2 Å². The molecule has 1 aromatic rings. The van der Waals surface area contributed by atoms with Crippen molar-refractivity contribution in [2.24, 2.45) is 5.92 Å². The third kappa shape index (κ3) is 3.17. The van der Waals surface area contributed by atoms with Gasteiger partial charge in [0, 0.05) is 0 Å². The van der Waals surface area contributed by atoms with Gasteiger partial charge >= 0.3 is 0 Å². The standard InChI is InChI=1S/C21H36O2Si/c1-15(2)19-14-18(16-10-12-17(22-9)13-11-16)23-24(19,20(3,4)5)21(6,7)8/h10-13,15,18-19H,14H2,1-9H3/t18?,19-/m0/s1. The van der Waals surface area contributed by atoms with Crippen molar-refractivity contribution < 1.29 is 9.16 Å². The van der Waals surface area contributed by atoms with Crippen LogP contribution in [0.1, 0.15) is 73.5 Å². The maximum Gasteiger partial charge on any atom is 0.207 e. The Morgan fingerprint density at radius 3 is 1.83 bits per heavy atom. The zero-order chi connectivity index (χ0) is 18.3. The number of methoxy groups -OCH3 is 1. The first-order chi connectivity index (χ1) is 10.9. The van der Waals surface area contributed by atoms with E-state index in [1.165, 1.54) is 5.56 Å².